The number of rotatable bonds is 3. The minimum absolute atomic E-state index is 0.146. The van der Waals surface area contributed by atoms with E-state index in [0.29, 0.717) is 26.1 Å². The van der Waals surface area contributed by atoms with Gasteiger partial charge in [-0.2, -0.15) is 0 Å². The van der Waals surface area contributed by atoms with Crippen LogP contribution in [0.25, 0.3) is 0 Å². The van der Waals surface area contributed by atoms with Crippen molar-refractivity contribution in [1.82, 2.24) is 5.32 Å². The van der Waals surface area contributed by atoms with Crippen molar-refractivity contribution < 1.29 is 9.53 Å². The largest absolute Gasteiger partial charge is 0.490 e. The molecule has 1 aromatic carbocycles. The molecule has 1 N–H and O–H groups in total. The number of carbonyl (C=O) groups excluding carboxylic acids is 1. The molecule has 0 radical (unpaired) electrons. The third-order valence-corrected chi connectivity index (χ3v) is 2.87. The molecular weight excluding hydrogens is 216 g/mol. The van der Waals surface area contributed by atoms with Crippen LogP contribution in [0.1, 0.15) is 12.0 Å². The van der Waals surface area contributed by atoms with Gasteiger partial charge in [0.2, 0.25) is 5.91 Å². The van der Waals surface area contributed by atoms with Crippen molar-refractivity contribution in [1.29, 1.82) is 0 Å². The highest BCUT2D eigenvalue weighted by molar-refractivity contribution is 5.95. The molecule has 1 aliphatic heterocycles. The fourth-order valence-corrected chi connectivity index (χ4v) is 1.95. The van der Waals surface area contributed by atoms with Gasteiger partial charge in [0.1, 0.15) is 12.4 Å². The first-order valence-electron chi connectivity index (χ1n) is 5.91. The van der Waals surface area contributed by atoms with Crippen molar-refractivity contribution >= 4 is 11.6 Å². The summed E-state index contributed by atoms with van der Waals surface area (Å²) < 4.78 is 5.58. The molecule has 0 atom stereocenters. The van der Waals surface area contributed by atoms with Gasteiger partial charge in [0.05, 0.1) is 12.2 Å². The number of anilines is 1. The van der Waals surface area contributed by atoms with Gasteiger partial charge in [0.15, 0.2) is 0 Å². The number of hydrogen-bond donors (Lipinski definition) is 1. The number of amides is 1. The summed E-state index contributed by atoms with van der Waals surface area (Å²) in [5.41, 5.74) is 2.04. The lowest BCUT2D eigenvalue weighted by Crippen LogP contribution is -2.39. The van der Waals surface area contributed by atoms with Crippen LogP contribution in [0.15, 0.2) is 18.2 Å². The average molecular weight is 234 g/mol. The smallest absolute Gasteiger partial charge is 0.228 e. The van der Waals surface area contributed by atoms with E-state index in [1.807, 2.05) is 37.1 Å². The molecule has 4 heteroatoms. The van der Waals surface area contributed by atoms with E-state index in [-0.39, 0.29) is 5.91 Å². The first-order valence-corrected chi connectivity index (χ1v) is 5.91. The number of nitrogens with one attached hydrogen (secondary N) is 1. The van der Waals surface area contributed by atoms with Crippen molar-refractivity contribution in [2.24, 2.45) is 0 Å². The van der Waals surface area contributed by atoms with Crippen LogP contribution in [0.4, 0.5) is 5.69 Å². The summed E-state index contributed by atoms with van der Waals surface area (Å²) in [4.78, 5) is 13.9. The molecule has 0 aromatic heterocycles. The van der Waals surface area contributed by atoms with Gasteiger partial charge in [-0.15, -0.1) is 0 Å². The number of ether oxygens (including phenoxy) is 1. The van der Waals surface area contributed by atoms with E-state index < -0.39 is 0 Å². The third kappa shape index (κ3) is 2.58. The number of hydrogen-bond acceptors (Lipinski definition) is 3. The van der Waals surface area contributed by atoms with Crippen LogP contribution in [0.3, 0.4) is 0 Å². The van der Waals surface area contributed by atoms with Crippen LogP contribution in [-0.4, -0.2) is 32.7 Å². The lowest BCUT2D eigenvalue weighted by atomic mass is 10.1. The summed E-state index contributed by atoms with van der Waals surface area (Å²) in [5, 5.41) is 2.99. The first-order chi connectivity index (χ1) is 8.22. The molecule has 0 saturated carbocycles. The quantitative estimate of drug-likeness (QED) is 0.858. The van der Waals surface area contributed by atoms with Gasteiger partial charge in [-0.1, -0.05) is 6.07 Å². The molecule has 92 valence electrons. The van der Waals surface area contributed by atoms with Gasteiger partial charge in [-0.3, -0.25) is 4.79 Å². The Morgan fingerprint density at radius 1 is 1.53 bits per heavy atom. The van der Waals surface area contributed by atoms with E-state index in [0.717, 1.165) is 17.0 Å². The zero-order valence-electron chi connectivity index (χ0n) is 10.3. The minimum atomic E-state index is 0.146. The van der Waals surface area contributed by atoms with E-state index in [2.05, 4.69) is 5.32 Å². The Kier molecular flexibility index (Phi) is 3.64. The zero-order chi connectivity index (χ0) is 12.3. The molecule has 0 fully saturated rings. The second-order valence-electron chi connectivity index (χ2n) is 4.22. The van der Waals surface area contributed by atoms with E-state index in [9.17, 15) is 4.79 Å². The average Bonchev–Trinajstić information content (AvgIpc) is 2.34. The standard InChI is InChI=1S/C13H18N2O2/c1-10-3-4-11-12(9-10)17-8-7-15(11)13(16)5-6-14-2/h3-4,9,14H,5-8H2,1-2H3. The van der Waals surface area contributed by atoms with Crippen LogP contribution >= 0.6 is 0 Å². The maximum absolute atomic E-state index is 12.0. The Labute approximate surface area is 102 Å². The van der Waals surface area contributed by atoms with Crippen LogP contribution in [0.5, 0.6) is 5.75 Å². The summed E-state index contributed by atoms with van der Waals surface area (Å²) in [6, 6.07) is 5.94. The molecule has 0 bridgehead atoms. The van der Waals surface area contributed by atoms with Crippen molar-refractivity contribution in [3.63, 3.8) is 0 Å². The Bertz CT molecular complexity index is 418. The highest BCUT2D eigenvalue weighted by Gasteiger charge is 2.22. The van der Waals surface area contributed by atoms with Crippen molar-refractivity contribution in [3.8, 4) is 5.75 Å². The summed E-state index contributed by atoms with van der Waals surface area (Å²) >= 11 is 0. The Morgan fingerprint density at radius 2 is 2.35 bits per heavy atom. The molecule has 17 heavy (non-hydrogen) atoms. The normalized spacial score (nSPS) is 14.1. The Hall–Kier alpha value is -1.55. The van der Waals surface area contributed by atoms with E-state index in [4.69, 9.17) is 4.74 Å². The van der Waals surface area contributed by atoms with Crippen molar-refractivity contribution in [2.45, 2.75) is 13.3 Å². The second kappa shape index (κ2) is 5.19. The molecule has 1 aliphatic rings. The van der Waals surface area contributed by atoms with Crippen molar-refractivity contribution in [3.05, 3.63) is 23.8 Å². The highest BCUT2D eigenvalue weighted by Crippen LogP contribution is 2.32. The maximum Gasteiger partial charge on any atom is 0.228 e. The predicted octanol–water partition coefficient (Wildman–Crippen LogP) is 1.33. The summed E-state index contributed by atoms with van der Waals surface area (Å²) in [6.07, 6.45) is 0.518. The van der Waals surface area contributed by atoms with Gasteiger partial charge < -0.3 is 15.0 Å². The molecular formula is C13H18N2O2. The summed E-state index contributed by atoms with van der Waals surface area (Å²) in [5.74, 6) is 0.960. The van der Waals surface area contributed by atoms with Gasteiger partial charge >= 0.3 is 0 Å². The van der Waals surface area contributed by atoms with Gasteiger partial charge in [0, 0.05) is 13.0 Å². The number of nitrogens with zero attached hydrogens (tertiary/aromatic N) is 1. The van der Waals surface area contributed by atoms with Gasteiger partial charge in [-0.05, 0) is 31.7 Å². The highest BCUT2D eigenvalue weighted by atomic mass is 16.5. The molecule has 0 saturated heterocycles. The SMILES string of the molecule is CNCCC(=O)N1CCOc2cc(C)ccc21. The van der Waals surface area contributed by atoms with Crippen LogP contribution in [0.2, 0.25) is 0 Å². The molecule has 0 aliphatic carbocycles. The Morgan fingerprint density at radius 3 is 3.12 bits per heavy atom. The fourth-order valence-electron chi connectivity index (χ4n) is 1.95. The van der Waals surface area contributed by atoms with E-state index in [1.165, 1.54) is 0 Å². The van der Waals surface area contributed by atoms with Crippen LogP contribution < -0.4 is 15.0 Å². The first kappa shape index (κ1) is 11.9. The fraction of sp³-hybridized carbons (Fsp3) is 0.462. The summed E-state index contributed by atoms with van der Waals surface area (Å²) in [7, 11) is 1.85. The lowest BCUT2D eigenvalue weighted by molar-refractivity contribution is -0.118. The van der Waals surface area contributed by atoms with Gasteiger partial charge in [-0.25, -0.2) is 0 Å². The minimum Gasteiger partial charge on any atom is -0.490 e. The number of fused-ring (bicyclic) bond motifs is 1. The lowest BCUT2D eigenvalue weighted by Gasteiger charge is -2.29. The van der Waals surface area contributed by atoms with Crippen LogP contribution in [0, 0.1) is 6.92 Å². The third-order valence-electron chi connectivity index (χ3n) is 2.87. The monoisotopic (exact) mass is 234 g/mol. The topological polar surface area (TPSA) is 41.6 Å². The molecule has 4 nitrogen and oxygen atoms in total. The van der Waals surface area contributed by atoms with E-state index in [1.54, 1.807) is 0 Å². The molecule has 1 heterocycles. The Balaban J connectivity index is 2.19. The van der Waals surface area contributed by atoms with E-state index >= 15 is 0 Å². The molecule has 0 spiro atoms. The number of carbonyl (C=O) groups is 1. The summed E-state index contributed by atoms with van der Waals surface area (Å²) in [6.45, 7) is 3.93. The maximum atomic E-state index is 12.0. The number of benzene rings is 1. The second-order valence-corrected chi connectivity index (χ2v) is 4.22. The molecule has 2 rings (SSSR count). The predicted molar refractivity (Wildman–Crippen MR) is 67.6 cm³/mol. The molecule has 1 aromatic rings. The van der Waals surface area contributed by atoms with Crippen molar-refractivity contribution in [2.75, 3.05) is 31.6 Å². The molecule has 0 unspecified atom stereocenters. The zero-order valence-corrected chi connectivity index (χ0v) is 10.3. The molecule has 1 amide bonds. The van der Waals surface area contributed by atoms with Crippen LogP contribution in [-0.2, 0) is 4.79 Å². The van der Waals surface area contributed by atoms with Gasteiger partial charge in [0.25, 0.3) is 0 Å². The number of aryl methyl sites for hydroxylation is 1.